The predicted octanol–water partition coefficient (Wildman–Crippen LogP) is -12.7. The van der Waals surface area contributed by atoms with Crippen LogP contribution >= 0.6 is 0 Å². The predicted molar refractivity (Wildman–Crippen MR) is 115 cm³/mol. The minimum absolute atomic E-state index is 0. The molecule has 15 nitrogen and oxygen atoms in total. The number of hydrogen-bond acceptors (Lipinski definition) is 14. The second-order valence-corrected chi connectivity index (χ2v) is 12.4. The summed E-state index contributed by atoms with van der Waals surface area (Å²) < 4.78 is 140. The Balaban J connectivity index is 0. The Morgan fingerprint density at radius 2 is 1.12 bits per heavy atom. The summed E-state index contributed by atoms with van der Waals surface area (Å²) in [6.45, 7) is 0. The van der Waals surface area contributed by atoms with Gasteiger partial charge in [-0.1, -0.05) is 0 Å². The number of nitrogens with two attached hydrogens (primary N) is 1. The van der Waals surface area contributed by atoms with Gasteiger partial charge in [0.15, 0.2) is 0 Å². The van der Waals surface area contributed by atoms with Crippen LogP contribution in [0.5, 0.6) is 0 Å². The van der Waals surface area contributed by atoms with Crippen LogP contribution in [-0.4, -0.2) is 57.8 Å². The molecule has 194 valence electrons. The Morgan fingerprint density at radius 1 is 0.625 bits per heavy atom. The molecule has 0 saturated carbocycles. The quantitative estimate of drug-likeness (QED) is 0.140. The van der Waals surface area contributed by atoms with E-state index in [1.807, 2.05) is 5.32 Å². The van der Waals surface area contributed by atoms with E-state index in [1.165, 1.54) is 0 Å². The van der Waals surface area contributed by atoms with Gasteiger partial charge in [0.25, 0.3) is 5.91 Å². The fourth-order valence-corrected chi connectivity index (χ4v) is 5.90. The first kappa shape index (κ1) is 43.0. The number of anilines is 2. The van der Waals surface area contributed by atoms with Crippen molar-refractivity contribution >= 4 is 68.5 Å². The van der Waals surface area contributed by atoms with E-state index in [0.29, 0.717) is 24.3 Å². The molecule has 0 saturated heterocycles. The van der Waals surface area contributed by atoms with Gasteiger partial charge in [-0.15, -0.1) is 0 Å². The molecule has 0 atom stereocenters. The number of hydrogen-bond donors (Lipinski definition) is 2. The van der Waals surface area contributed by atoms with E-state index in [2.05, 4.69) is 0 Å². The van der Waals surface area contributed by atoms with Crippen LogP contribution < -0.4 is 129 Å². The molecule has 1 amide bonds. The van der Waals surface area contributed by atoms with Crippen molar-refractivity contribution in [2.45, 2.75) is 19.6 Å². The van der Waals surface area contributed by atoms with Gasteiger partial charge in [0.2, 0.25) is 0 Å². The first-order valence-electron chi connectivity index (χ1n) is 8.86. The van der Waals surface area contributed by atoms with Gasteiger partial charge in [-0.3, -0.25) is 4.79 Å². The van der Waals surface area contributed by atoms with Crippen LogP contribution in [0.3, 0.4) is 0 Å². The summed E-state index contributed by atoms with van der Waals surface area (Å²) in [6, 6.07) is 4.07. The molecule has 0 aliphatic carbocycles. The Labute approximate surface area is 317 Å². The van der Waals surface area contributed by atoms with Crippen LogP contribution in [0.15, 0.2) is 62.0 Å². The van der Waals surface area contributed by atoms with E-state index < -0.39 is 88.0 Å². The molecule has 23 heteroatoms. The van der Waals surface area contributed by atoms with E-state index in [-0.39, 0.29) is 130 Å². The van der Waals surface area contributed by atoms with E-state index in [1.54, 1.807) is 0 Å². The van der Waals surface area contributed by atoms with Crippen molar-refractivity contribution in [3.05, 3.63) is 48.0 Å². The molecule has 0 unspecified atom stereocenters. The molecule has 0 fully saturated rings. The molecule has 3 aromatic carbocycles. The molecular weight excluding hydrogens is 660 g/mol. The number of fused-ring (bicyclic) bond motifs is 1. The monoisotopic (exact) mass is 670 g/mol. The van der Waals surface area contributed by atoms with Crippen LogP contribution in [-0.2, 0) is 40.5 Å². The second kappa shape index (κ2) is 15.2. The Morgan fingerprint density at radius 3 is 1.57 bits per heavy atom. The molecule has 40 heavy (non-hydrogen) atoms. The maximum Gasteiger partial charge on any atom is 1.00 e. The molecular formula is C17H10N2Na4O13S4. The number of amides is 1. The van der Waals surface area contributed by atoms with Gasteiger partial charge in [0.05, 0.1) is 30.8 Å². The molecule has 0 aromatic heterocycles. The van der Waals surface area contributed by atoms with Gasteiger partial charge >= 0.3 is 118 Å². The van der Waals surface area contributed by atoms with E-state index in [9.17, 15) is 56.7 Å². The largest absolute Gasteiger partial charge is 1.00 e. The number of carbonyl (C=O) groups is 1. The summed E-state index contributed by atoms with van der Waals surface area (Å²) in [7, 11) is -21.9. The first-order chi connectivity index (χ1) is 16.2. The molecule has 3 N–H and O–H groups in total. The minimum atomic E-state index is -5.70. The van der Waals surface area contributed by atoms with Crippen molar-refractivity contribution in [2.24, 2.45) is 0 Å². The van der Waals surface area contributed by atoms with Gasteiger partial charge in [-0.2, -0.15) is 0 Å². The third-order valence-corrected chi connectivity index (χ3v) is 8.05. The average Bonchev–Trinajstić information content (AvgIpc) is 2.70. The van der Waals surface area contributed by atoms with Crippen molar-refractivity contribution < 1.29 is 175 Å². The summed E-state index contributed by atoms with van der Waals surface area (Å²) in [5.41, 5.74) is 3.69. The zero-order chi connectivity index (χ0) is 27.4. The molecule has 0 aliphatic rings. The van der Waals surface area contributed by atoms with Crippen molar-refractivity contribution in [1.82, 2.24) is 0 Å². The zero-order valence-corrected chi connectivity index (χ0v) is 32.3. The summed E-state index contributed by atoms with van der Waals surface area (Å²) in [5, 5.41) is -0.0350. The summed E-state index contributed by atoms with van der Waals surface area (Å²) in [6.07, 6.45) is 0. The van der Waals surface area contributed by atoms with Gasteiger partial charge in [-0.25, -0.2) is 33.7 Å². The first-order valence-corrected chi connectivity index (χ1v) is 14.5. The molecule has 0 spiro atoms. The molecule has 0 heterocycles. The Bertz CT molecular complexity index is 1900. The van der Waals surface area contributed by atoms with Crippen molar-refractivity contribution in [2.75, 3.05) is 11.1 Å². The van der Waals surface area contributed by atoms with Crippen LogP contribution in [0.4, 0.5) is 11.4 Å². The molecule has 0 bridgehead atoms. The number of rotatable bonds is 6. The fourth-order valence-electron chi connectivity index (χ4n) is 3.18. The van der Waals surface area contributed by atoms with E-state index >= 15 is 0 Å². The third kappa shape index (κ3) is 9.92. The van der Waals surface area contributed by atoms with E-state index in [4.69, 9.17) is 5.73 Å². The third-order valence-electron chi connectivity index (χ3n) is 4.61. The number of nitrogen functional groups attached to an aromatic ring is 1. The fraction of sp³-hybridized carbons (Fsp3) is 0. The van der Waals surface area contributed by atoms with Crippen LogP contribution in [0.1, 0.15) is 10.4 Å². The molecule has 0 aliphatic heterocycles. The van der Waals surface area contributed by atoms with Crippen LogP contribution in [0.2, 0.25) is 0 Å². The summed E-state index contributed by atoms with van der Waals surface area (Å²) in [4.78, 5) is 7.59. The number of benzene rings is 3. The second-order valence-electron chi connectivity index (χ2n) is 6.98. The van der Waals surface area contributed by atoms with Crippen molar-refractivity contribution in [3.8, 4) is 0 Å². The standard InChI is InChI=1S/C17H14N2O13S4.4Na/c18-8-1-2-10(14(5-8)35(27,28)29)17(20)19-12-3-4-13(34(24,25)26)11-6-9(33(21,22)23)7-15(16(11)12)36(30,31)32;;;;/h1-7H,18H2,(H,19,20)(H,21,22,23)(H,24,25,26)(H,27,28,29)(H,30,31,32);;;;/q;4*+1/p-4. The van der Waals surface area contributed by atoms with Gasteiger partial charge in [-0.05, 0) is 42.5 Å². The van der Waals surface area contributed by atoms with Crippen molar-refractivity contribution in [1.29, 1.82) is 0 Å². The minimum Gasteiger partial charge on any atom is -0.744 e. The van der Waals surface area contributed by atoms with Crippen LogP contribution in [0, 0.1) is 0 Å². The van der Waals surface area contributed by atoms with Gasteiger partial charge < -0.3 is 29.3 Å². The molecule has 0 radical (unpaired) electrons. The van der Waals surface area contributed by atoms with Gasteiger partial charge in [0.1, 0.15) is 40.5 Å². The van der Waals surface area contributed by atoms with E-state index in [0.717, 1.165) is 12.1 Å². The number of nitrogens with one attached hydrogen (secondary N) is 1. The smallest absolute Gasteiger partial charge is 0.744 e. The Hall–Kier alpha value is 0.830. The van der Waals surface area contributed by atoms with Crippen LogP contribution in [0.25, 0.3) is 10.8 Å². The maximum atomic E-state index is 12.8. The zero-order valence-electron chi connectivity index (χ0n) is 21.1. The van der Waals surface area contributed by atoms with Gasteiger partial charge in [0, 0.05) is 16.5 Å². The average molecular weight is 670 g/mol. The Kier molecular flexibility index (Phi) is 16.3. The molecule has 3 rings (SSSR count). The summed E-state index contributed by atoms with van der Waals surface area (Å²) >= 11 is 0. The summed E-state index contributed by atoms with van der Waals surface area (Å²) in [5.74, 6) is -1.39. The molecule has 3 aromatic rings. The van der Waals surface area contributed by atoms with Crippen molar-refractivity contribution in [3.63, 3.8) is 0 Å². The normalized spacial score (nSPS) is 11.7. The SMILES string of the molecule is Nc1ccc(C(=O)Nc2ccc(S(=O)(=O)[O-])c3cc(S(=O)(=O)[O-])cc(S(=O)(=O)[O-])c23)c(S(=O)(=O)[O-])c1.[Na+].[Na+].[Na+].[Na+]. The number of carbonyl (C=O) groups excluding carboxylic acids is 1. The maximum absolute atomic E-state index is 12.8. The topological polar surface area (TPSA) is 284 Å².